The Morgan fingerprint density at radius 1 is 1.71 bits per heavy atom. The maximum atomic E-state index is 12.0. The number of halogens is 1. The first-order chi connectivity index (χ1) is 8.15. The van der Waals surface area contributed by atoms with Gasteiger partial charge in [0, 0.05) is 46.8 Å². The van der Waals surface area contributed by atoms with Gasteiger partial charge in [0.25, 0.3) is 0 Å². The van der Waals surface area contributed by atoms with Gasteiger partial charge in [-0.3, -0.25) is 4.79 Å². The van der Waals surface area contributed by atoms with Crippen molar-refractivity contribution in [2.24, 2.45) is 0 Å². The zero-order valence-electron chi connectivity index (χ0n) is 9.91. The first kappa shape index (κ1) is 13.1. The highest BCUT2D eigenvalue weighted by molar-refractivity contribution is 9.10. The molecule has 0 spiro atoms. The van der Waals surface area contributed by atoms with Crippen LogP contribution in [0.25, 0.3) is 0 Å². The largest absolute Gasteiger partial charge is 0.340 e. The van der Waals surface area contributed by atoms with E-state index < -0.39 is 0 Å². The number of hydrogen-bond donors (Lipinski definition) is 1. The molecule has 1 aliphatic heterocycles. The van der Waals surface area contributed by atoms with Crippen molar-refractivity contribution in [2.75, 3.05) is 19.6 Å². The highest BCUT2D eigenvalue weighted by Gasteiger charge is 2.19. The van der Waals surface area contributed by atoms with Gasteiger partial charge in [-0.2, -0.15) is 0 Å². The third-order valence-electron chi connectivity index (χ3n) is 2.93. The molecule has 1 aromatic rings. The fraction of sp³-hybridized carbons (Fsp3) is 0.583. The predicted molar refractivity (Wildman–Crippen MR) is 74.4 cm³/mol. The van der Waals surface area contributed by atoms with Crippen molar-refractivity contribution in [1.82, 2.24) is 10.2 Å². The third kappa shape index (κ3) is 3.79. The van der Waals surface area contributed by atoms with Crippen molar-refractivity contribution in [3.05, 3.63) is 20.8 Å². The van der Waals surface area contributed by atoms with E-state index >= 15 is 0 Å². The van der Waals surface area contributed by atoms with Crippen LogP contribution in [0, 0.1) is 0 Å². The monoisotopic (exact) mass is 316 g/mol. The second-order valence-electron chi connectivity index (χ2n) is 4.43. The Morgan fingerprint density at radius 2 is 2.53 bits per heavy atom. The zero-order valence-corrected chi connectivity index (χ0v) is 12.3. The normalized spacial score (nSPS) is 20.6. The summed E-state index contributed by atoms with van der Waals surface area (Å²) < 4.78 is 1.11. The van der Waals surface area contributed by atoms with Crippen LogP contribution in [0.15, 0.2) is 15.9 Å². The molecule has 1 fully saturated rings. The minimum Gasteiger partial charge on any atom is -0.340 e. The van der Waals surface area contributed by atoms with E-state index in [0.29, 0.717) is 12.5 Å². The third-order valence-corrected chi connectivity index (χ3v) is 4.69. The minimum absolute atomic E-state index is 0.280. The SMILES string of the molecule is C[C@H]1CN(C(=O)CCc2cc(Br)cs2)CCN1. The maximum absolute atomic E-state index is 12.0. The first-order valence-corrected chi connectivity index (χ1v) is 7.56. The Labute approximate surface area is 114 Å². The van der Waals surface area contributed by atoms with Gasteiger partial charge in [0.1, 0.15) is 0 Å². The molecule has 1 aromatic heterocycles. The molecule has 2 heterocycles. The molecule has 1 atom stereocenters. The average Bonchev–Trinajstić information content (AvgIpc) is 2.72. The summed E-state index contributed by atoms with van der Waals surface area (Å²) in [6, 6.07) is 2.52. The van der Waals surface area contributed by atoms with Gasteiger partial charge >= 0.3 is 0 Å². The number of rotatable bonds is 3. The molecule has 0 aliphatic carbocycles. The lowest BCUT2D eigenvalue weighted by molar-refractivity contribution is -0.132. The fourth-order valence-electron chi connectivity index (χ4n) is 2.03. The molecule has 5 heteroatoms. The molecule has 0 unspecified atom stereocenters. The van der Waals surface area contributed by atoms with Gasteiger partial charge in [0.2, 0.25) is 5.91 Å². The number of carbonyl (C=O) groups excluding carboxylic acids is 1. The van der Waals surface area contributed by atoms with Gasteiger partial charge in [-0.25, -0.2) is 0 Å². The van der Waals surface area contributed by atoms with E-state index in [4.69, 9.17) is 0 Å². The van der Waals surface area contributed by atoms with Crippen LogP contribution in [0.1, 0.15) is 18.2 Å². The lowest BCUT2D eigenvalue weighted by Crippen LogP contribution is -2.51. The number of nitrogens with one attached hydrogen (secondary N) is 1. The van der Waals surface area contributed by atoms with Gasteiger partial charge in [-0.15, -0.1) is 11.3 Å². The lowest BCUT2D eigenvalue weighted by Gasteiger charge is -2.31. The summed E-state index contributed by atoms with van der Waals surface area (Å²) >= 11 is 5.14. The van der Waals surface area contributed by atoms with E-state index in [9.17, 15) is 4.79 Å². The summed E-state index contributed by atoms with van der Waals surface area (Å²) in [4.78, 5) is 15.3. The highest BCUT2D eigenvalue weighted by atomic mass is 79.9. The molecule has 0 saturated carbocycles. The quantitative estimate of drug-likeness (QED) is 0.927. The highest BCUT2D eigenvalue weighted by Crippen LogP contribution is 2.21. The van der Waals surface area contributed by atoms with E-state index in [1.165, 1.54) is 4.88 Å². The average molecular weight is 317 g/mol. The number of nitrogens with zero attached hydrogens (tertiary/aromatic N) is 1. The molecule has 0 radical (unpaired) electrons. The molecule has 1 aliphatic rings. The van der Waals surface area contributed by atoms with Crippen LogP contribution in [0.5, 0.6) is 0 Å². The Balaban J connectivity index is 1.80. The van der Waals surface area contributed by atoms with Crippen LogP contribution in [0.2, 0.25) is 0 Å². The van der Waals surface area contributed by atoms with Crippen molar-refractivity contribution in [1.29, 1.82) is 0 Å². The zero-order chi connectivity index (χ0) is 12.3. The van der Waals surface area contributed by atoms with Crippen LogP contribution >= 0.6 is 27.3 Å². The van der Waals surface area contributed by atoms with Crippen LogP contribution < -0.4 is 5.32 Å². The summed E-state index contributed by atoms with van der Waals surface area (Å²) in [7, 11) is 0. The number of amides is 1. The van der Waals surface area contributed by atoms with Crippen molar-refractivity contribution in [2.45, 2.75) is 25.8 Å². The van der Waals surface area contributed by atoms with Gasteiger partial charge in [-0.05, 0) is 35.3 Å². The second-order valence-corrected chi connectivity index (χ2v) is 6.34. The smallest absolute Gasteiger partial charge is 0.223 e. The van der Waals surface area contributed by atoms with Crippen LogP contribution in [-0.2, 0) is 11.2 Å². The molecule has 17 heavy (non-hydrogen) atoms. The number of piperazine rings is 1. The lowest BCUT2D eigenvalue weighted by atomic mass is 10.2. The molecule has 1 amide bonds. The summed E-state index contributed by atoms with van der Waals surface area (Å²) in [5.41, 5.74) is 0. The fourth-order valence-corrected chi connectivity index (χ4v) is 3.49. The summed E-state index contributed by atoms with van der Waals surface area (Å²) in [5, 5.41) is 5.41. The Bertz CT molecular complexity index is 394. The Morgan fingerprint density at radius 3 is 3.18 bits per heavy atom. The van der Waals surface area contributed by atoms with E-state index in [2.05, 4.69) is 39.6 Å². The van der Waals surface area contributed by atoms with Crippen molar-refractivity contribution < 1.29 is 4.79 Å². The van der Waals surface area contributed by atoms with Gasteiger partial charge in [-0.1, -0.05) is 0 Å². The topological polar surface area (TPSA) is 32.3 Å². The molecule has 1 N–H and O–H groups in total. The maximum Gasteiger partial charge on any atom is 0.223 e. The standard InChI is InChI=1S/C12H17BrN2OS/c1-9-7-15(5-4-14-9)12(16)3-2-11-6-10(13)8-17-11/h6,8-9,14H,2-5,7H2,1H3/t9-/m0/s1. The van der Waals surface area contributed by atoms with Gasteiger partial charge in [0.15, 0.2) is 0 Å². The molecule has 1 saturated heterocycles. The van der Waals surface area contributed by atoms with E-state index in [-0.39, 0.29) is 5.91 Å². The van der Waals surface area contributed by atoms with Gasteiger partial charge < -0.3 is 10.2 Å². The van der Waals surface area contributed by atoms with Crippen molar-refractivity contribution in [3.8, 4) is 0 Å². The molecule has 3 nitrogen and oxygen atoms in total. The molecule has 0 bridgehead atoms. The molecule has 0 aromatic carbocycles. The van der Waals surface area contributed by atoms with Crippen molar-refractivity contribution in [3.63, 3.8) is 0 Å². The number of carbonyl (C=O) groups is 1. The number of aryl methyl sites for hydroxylation is 1. The second kappa shape index (κ2) is 5.98. The van der Waals surface area contributed by atoms with Crippen LogP contribution in [0.4, 0.5) is 0 Å². The van der Waals surface area contributed by atoms with E-state index in [0.717, 1.165) is 30.5 Å². The van der Waals surface area contributed by atoms with E-state index in [1.54, 1.807) is 11.3 Å². The van der Waals surface area contributed by atoms with Crippen molar-refractivity contribution >= 4 is 33.2 Å². The van der Waals surface area contributed by atoms with Crippen LogP contribution in [0.3, 0.4) is 0 Å². The summed E-state index contributed by atoms with van der Waals surface area (Å²) in [5.74, 6) is 0.280. The first-order valence-electron chi connectivity index (χ1n) is 5.89. The molecular weight excluding hydrogens is 300 g/mol. The summed E-state index contributed by atoms with van der Waals surface area (Å²) in [6.07, 6.45) is 1.48. The molecule has 2 rings (SSSR count). The van der Waals surface area contributed by atoms with Crippen LogP contribution in [-0.4, -0.2) is 36.5 Å². The molecule has 94 valence electrons. The summed E-state index contributed by atoms with van der Waals surface area (Å²) in [6.45, 7) is 4.72. The predicted octanol–water partition coefficient (Wildman–Crippen LogP) is 2.26. The Hall–Kier alpha value is -0.390. The van der Waals surface area contributed by atoms with E-state index in [1.807, 2.05) is 4.90 Å². The minimum atomic E-state index is 0.280. The molecular formula is C12H17BrN2OS. The number of hydrogen-bond acceptors (Lipinski definition) is 3. The Kier molecular flexibility index (Phi) is 4.59. The van der Waals surface area contributed by atoms with Gasteiger partial charge in [0.05, 0.1) is 0 Å². The number of thiophene rings is 1.